The Kier molecular flexibility index (Phi) is 2.91. The molecule has 0 aliphatic carbocycles. The maximum atomic E-state index is 4.19. The molecule has 0 spiro atoms. The normalized spacial score (nSPS) is 10.3. The van der Waals surface area contributed by atoms with E-state index in [9.17, 15) is 0 Å². The Labute approximate surface area is 94.6 Å². The van der Waals surface area contributed by atoms with E-state index in [2.05, 4.69) is 46.9 Å². The number of halogens is 1. The molecule has 6 nitrogen and oxygen atoms in total. The minimum absolute atomic E-state index is 0.492. The summed E-state index contributed by atoms with van der Waals surface area (Å²) in [5.74, 6) is 1.38. The highest BCUT2D eigenvalue weighted by Gasteiger charge is 2.04. The molecule has 0 unspecified atom stereocenters. The molecule has 2 rings (SSSR count). The quantitative estimate of drug-likeness (QED) is 0.877. The van der Waals surface area contributed by atoms with Crippen molar-refractivity contribution < 1.29 is 0 Å². The summed E-state index contributed by atoms with van der Waals surface area (Å²) >= 11 is 3.46. The maximum absolute atomic E-state index is 4.19. The number of H-pyrrole nitrogens is 1. The van der Waals surface area contributed by atoms with E-state index in [-0.39, 0.29) is 0 Å². The first-order valence-corrected chi connectivity index (χ1v) is 5.14. The molecule has 7 heteroatoms. The van der Waals surface area contributed by atoms with Gasteiger partial charge in [0.2, 0.25) is 0 Å². The van der Waals surface area contributed by atoms with Gasteiger partial charge in [0.25, 0.3) is 0 Å². The lowest BCUT2D eigenvalue weighted by molar-refractivity contribution is 0.881. The molecule has 15 heavy (non-hydrogen) atoms. The van der Waals surface area contributed by atoms with Crippen LogP contribution in [0.25, 0.3) is 0 Å². The van der Waals surface area contributed by atoms with Gasteiger partial charge in [-0.15, -0.1) is 10.2 Å². The lowest BCUT2D eigenvalue weighted by Gasteiger charge is -2.06. The lowest BCUT2D eigenvalue weighted by atomic mass is 10.3. The fourth-order valence-corrected chi connectivity index (χ4v) is 1.46. The van der Waals surface area contributed by atoms with Crippen molar-refractivity contribution in [3.8, 4) is 0 Å². The number of aryl methyl sites for hydroxylation is 1. The van der Waals surface area contributed by atoms with Crippen LogP contribution in [0.4, 0.5) is 5.82 Å². The molecule has 0 saturated carbocycles. The predicted octanol–water partition coefficient (Wildman–Crippen LogP) is 1.28. The van der Waals surface area contributed by atoms with Gasteiger partial charge in [0, 0.05) is 6.20 Å². The van der Waals surface area contributed by atoms with Gasteiger partial charge in [-0.2, -0.15) is 5.21 Å². The molecule has 0 fully saturated rings. The molecule has 0 amide bonds. The average Bonchev–Trinajstić information content (AvgIpc) is 2.73. The zero-order chi connectivity index (χ0) is 10.7. The molecule has 0 aromatic carbocycles. The molecular formula is C8H9BrN6. The highest BCUT2D eigenvalue weighted by atomic mass is 79.9. The van der Waals surface area contributed by atoms with Gasteiger partial charge in [0.1, 0.15) is 5.82 Å². The van der Waals surface area contributed by atoms with Crippen LogP contribution in [0, 0.1) is 6.92 Å². The van der Waals surface area contributed by atoms with Crippen LogP contribution < -0.4 is 5.32 Å². The summed E-state index contributed by atoms with van der Waals surface area (Å²) in [7, 11) is 0. The number of aromatic nitrogens is 5. The molecule has 2 heterocycles. The largest absolute Gasteiger partial charge is 0.362 e. The van der Waals surface area contributed by atoms with Crippen LogP contribution in [-0.2, 0) is 6.54 Å². The second kappa shape index (κ2) is 4.35. The van der Waals surface area contributed by atoms with Crippen molar-refractivity contribution in [2.24, 2.45) is 0 Å². The van der Waals surface area contributed by atoms with Crippen molar-refractivity contribution in [3.05, 3.63) is 28.1 Å². The van der Waals surface area contributed by atoms with E-state index in [0.29, 0.717) is 12.4 Å². The van der Waals surface area contributed by atoms with Crippen molar-refractivity contribution >= 4 is 21.7 Å². The SMILES string of the molecule is Cc1ccnc(NCc2nn[nH]n2)c1Br. The fraction of sp³-hybridized carbons (Fsp3) is 0.250. The molecular weight excluding hydrogens is 260 g/mol. The number of tetrazole rings is 1. The van der Waals surface area contributed by atoms with Gasteiger partial charge in [-0.1, -0.05) is 5.21 Å². The second-order valence-electron chi connectivity index (χ2n) is 2.97. The van der Waals surface area contributed by atoms with E-state index in [1.807, 2.05) is 13.0 Å². The van der Waals surface area contributed by atoms with Gasteiger partial charge in [0.05, 0.1) is 11.0 Å². The second-order valence-corrected chi connectivity index (χ2v) is 3.77. The summed E-state index contributed by atoms with van der Waals surface area (Å²) in [4.78, 5) is 4.19. The molecule has 0 saturated heterocycles. The highest BCUT2D eigenvalue weighted by molar-refractivity contribution is 9.10. The molecule has 0 atom stereocenters. The molecule has 0 aliphatic rings. The summed E-state index contributed by atoms with van der Waals surface area (Å²) in [6.45, 7) is 2.50. The molecule has 0 bridgehead atoms. The molecule has 2 aromatic heterocycles. The van der Waals surface area contributed by atoms with Gasteiger partial charge in [-0.05, 0) is 34.5 Å². The van der Waals surface area contributed by atoms with Crippen molar-refractivity contribution in [3.63, 3.8) is 0 Å². The van der Waals surface area contributed by atoms with Crippen LogP contribution in [-0.4, -0.2) is 25.6 Å². The van der Waals surface area contributed by atoms with Crippen LogP contribution >= 0.6 is 15.9 Å². The number of nitrogens with zero attached hydrogens (tertiary/aromatic N) is 4. The maximum Gasteiger partial charge on any atom is 0.193 e. The zero-order valence-corrected chi connectivity index (χ0v) is 9.61. The topological polar surface area (TPSA) is 79.4 Å². The number of pyridine rings is 1. The van der Waals surface area contributed by atoms with E-state index in [1.165, 1.54) is 0 Å². The third-order valence-electron chi connectivity index (χ3n) is 1.89. The summed E-state index contributed by atoms with van der Waals surface area (Å²) in [5, 5.41) is 16.6. The minimum atomic E-state index is 0.492. The molecule has 2 aromatic rings. The lowest BCUT2D eigenvalue weighted by Crippen LogP contribution is -2.04. The predicted molar refractivity (Wildman–Crippen MR) is 58.2 cm³/mol. The smallest absolute Gasteiger partial charge is 0.193 e. The third kappa shape index (κ3) is 2.30. The Morgan fingerprint density at radius 2 is 2.40 bits per heavy atom. The molecule has 2 N–H and O–H groups in total. The zero-order valence-electron chi connectivity index (χ0n) is 8.03. The van der Waals surface area contributed by atoms with Crippen LogP contribution in [0.1, 0.15) is 11.4 Å². The van der Waals surface area contributed by atoms with Crippen molar-refractivity contribution in [1.29, 1.82) is 0 Å². The Bertz CT molecular complexity index is 440. The fourth-order valence-electron chi connectivity index (χ4n) is 1.08. The van der Waals surface area contributed by atoms with E-state index in [4.69, 9.17) is 0 Å². The van der Waals surface area contributed by atoms with Crippen molar-refractivity contribution in [2.75, 3.05) is 5.32 Å². The number of hydrogen-bond donors (Lipinski definition) is 2. The Balaban J connectivity index is 2.08. The summed E-state index contributed by atoms with van der Waals surface area (Å²) in [5.41, 5.74) is 1.13. The van der Waals surface area contributed by atoms with E-state index >= 15 is 0 Å². The van der Waals surface area contributed by atoms with E-state index in [0.717, 1.165) is 15.9 Å². The summed E-state index contributed by atoms with van der Waals surface area (Å²) in [6, 6.07) is 1.93. The Morgan fingerprint density at radius 1 is 1.53 bits per heavy atom. The molecule has 0 radical (unpaired) electrons. The number of nitrogens with one attached hydrogen (secondary N) is 2. The van der Waals surface area contributed by atoms with Crippen molar-refractivity contribution in [2.45, 2.75) is 13.5 Å². The monoisotopic (exact) mass is 268 g/mol. The van der Waals surface area contributed by atoms with Gasteiger partial charge >= 0.3 is 0 Å². The first-order valence-electron chi connectivity index (χ1n) is 4.34. The Morgan fingerprint density at radius 3 is 3.13 bits per heavy atom. The summed E-state index contributed by atoms with van der Waals surface area (Å²) in [6.07, 6.45) is 1.75. The highest BCUT2D eigenvalue weighted by Crippen LogP contribution is 2.23. The summed E-state index contributed by atoms with van der Waals surface area (Å²) < 4.78 is 0.952. The van der Waals surface area contributed by atoms with Crippen molar-refractivity contribution in [1.82, 2.24) is 25.6 Å². The molecule has 0 aliphatic heterocycles. The van der Waals surface area contributed by atoms with Gasteiger partial charge < -0.3 is 5.32 Å². The third-order valence-corrected chi connectivity index (χ3v) is 2.89. The number of hydrogen-bond acceptors (Lipinski definition) is 5. The number of anilines is 1. The first kappa shape index (κ1) is 10.0. The minimum Gasteiger partial charge on any atom is -0.362 e. The first-order chi connectivity index (χ1) is 7.27. The van der Waals surface area contributed by atoms with Gasteiger partial charge in [-0.25, -0.2) is 4.98 Å². The molecule has 78 valence electrons. The average molecular weight is 269 g/mol. The van der Waals surface area contributed by atoms with Crippen LogP contribution in [0.2, 0.25) is 0 Å². The Hall–Kier alpha value is -1.50. The van der Waals surface area contributed by atoms with Crippen LogP contribution in [0.15, 0.2) is 16.7 Å². The van der Waals surface area contributed by atoms with Crippen LogP contribution in [0.3, 0.4) is 0 Å². The number of aromatic amines is 1. The van der Waals surface area contributed by atoms with E-state index < -0.39 is 0 Å². The van der Waals surface area contributed by atoms with Gasteiger partial charge in [-0.3, -0.25) is 0 Å². The van der Waals surface area contributed by atoms with E-state index in [1.54, 1.807) is 6.20 Å². The standard InChI is InChI=1S/C8H9BrN6/c1-5-2-3-10-8(7(5)9)11-4-6-12-14-15-13-6/h2-3H,4H2,1H3,(H,10,11)(H,12,13,14,15). The van der Waals surface area contributed by atoms with Crippen LogP contribution in [0.5, 0.6) is 0 Å². The van der Waals surface area contributed by atoms with Gasteiger partial charge in [0.15, 0.2) is 5.82 Å². The number of rotatable bonds is 3.